The lowest BCUT2D eigenvalue weighted by Gasteiger charge is -2.26. The molecule has 2 N–H and O–H groups in total. The van der Waals surface area contributed by atoms with Crippen molar-refractivity contribution in [2.24, 2.45) is 0 Å². The summed E-state index contributed by atoms with van der Waals surface area (Å²) >= 11 is 0. The molecule has 1 aromatic heterocycles. The molecule has 9 nitrogen and oxygen atoms in total. The summed E-state index contributed by atoms with van der Waals surface area (Å²) in [6.07, 6.45) is 4.17. The van der Waals surface area contributed by atoms with E-state index in [4.69, 9.17) is 9.57 Å². The molecule has 0 radical (unpaired) electrons. The second kappa shape index (κ2) is 13.2. The molecule has 2 aromatic rings. The van der Waals surface area contributed by atoms with Crippen LogP contribution in [0.25, 0.3) is 0 Å². The number of aromatic nitrogens is 1. The molecule has 0 fully saturated rings. The van der Waals surface area contributed by atoms with Crippen LogP contribution in [0.4, 0.5) is 0 Å². The number of carboxylic acid groups (broad SMARTS) is 1. The molecule has 0 aliphatic heterocycles. The first-order valence-corrected chi connectivity index (χ1v) is 10.4. The molecule has 2 rings (SSSR count). The van der Waals surface area contributed by atoms with E-state index < -0.39 is 36.5 Å². The van der Waals surface area contributed by atoms with Crippen molar-refractivity contribution in [2.45, 2.75) is 45.4 Å². The predicted octanol–water partition coefficient (Wildman–Crippen LogP) is 1.97. The highest BCUT2D eigenvalue weighted by molar-refractivity contribution is 5.85. The summed E-state index contributed by atoms with van der Waals surface area (Å²) in [7, 11) is 0. The first kappa shape index (κ1) is 25.0. The molecule has 0 spiro atoms. The van der Waals surface area contributed by atoms with Crippen molar-refractivity contribution in [3.8, 4) is 0 Å². The standard InChI is InChI=1S/C23H29N3O6/c1-3-31-23(30)20(10-9-18-7-5-4-6-8-18)25-17(2)22(29)26(15-21(27)28)32-16-19-11-13-24-14-12-19/h4-8,11-14,17,20,25H,3,9-10,15-16H2,1-2H3,(H,27,28)/t17-,20-/m0/s1. The van der Waals surface area contributed by atoms with E-state index in [1.807, 2.05) is 30.3 Å². The lowest BCUT2D eigenvalue weighted by molar-refractivity contribution is -0.198. The van der Waals surface area contributed by atoms with Crippen LogP contribution < -0.4 is 5.32 Å². The molecule has 0 aliphatic carbocycles. The minimum Gasteiger partial charge on any atom is -0.480 e. The second-order valence-corrected chi connectivity index (χ2v) is 7.11. The number of nitrogens with one attached hydrogen (secondary N) is 1. The van der Waals surface area contributed by atoms with E-state index in [0.29, 0.717) is 12.8 Å². The van der Waals surface area contributed by atoms with E-state index in [1.165, 1.54) is 0 Å². The van der Waals surface area contributed by atoms with Crippen molar-refractivity contribution in [3.63, 3.8) is 0 Å². The fraction of sp³-hybridized carbons (Fsp3) is 0.391. The van der Waals surface area contributed by atoms with Crippen LogP contribution in [-0.2, 0) is 37.0 Å². The summed E-state index contributed by atoms with van der Waals surface area (Å²) in [6, 6.07) is 11.4. The third-order valence-electron chi connectivity index (χ3n) is 4.62. The van der Waals surface area contributed by atoms with E-state index >= 15 is 0 Å². The number of ether oxygens (including phenoxy) is 1. The fourth-order valence-corrected chi connectivity index (χ4v) is 3.00. The fourth-order valence-electron chi connectivity index (χ4n) is 3.00. The molecule has 9 heteroatoms. The summed E-state index contributed by atoms with van der Waals surface area (Å²) < 4.78 is 5.15. The Bertz CT molecular complexity index is 863. The van der Waals surface area contributed by atoms with Gasteiger partial charge in [-0.25, -0.2) is 5.06 Å². The SMILES string of the molecule is CCOC(=O)[C@H](CCc1ccccc1)N[C@@H](C)C(=O)N(CC(=O)O)OCc1ccncc1. The normalized spacial score (nSPS) is 12.6. The number of rotatable bonds is 13. The number of hydrogen-bond acceptors (Lipinski definition) is 7. The average molecular weight is 444 g/mol. The second-order valence-electron chi connectivity index (χ2n) is 7.11. The van der Waals surface area contributed by atoms with E-state index in [1.54, 1.807) is 38.4 Å². The van der Waals surface area contributed by atoms with Crippen molar-refractivity contribution in [3.05, 3.63) is 66.0 Å². The summed E-state index contributed by atoms with van der Waals surface area (Å²) in [4.78, 5) is 45.9. The zero-order valence-corrected chi connectivity index (χ0v) is 18.3. The zero-order valence-electron chi connectivity index (χ0n) is 18.3. The third-order valence-corrected chi connectivity index (χ3v) is 4.62. The van der Waals surface area contributed by atoms with Gasteiger partial charge in [-0.3, -0.25) is 29.5 Å². The topological polar surface area (TPSA) is 118 Å². The van der Waals surface area contributed by atoms with Gasteiger partial charge >= 0.3 is 11.9 Å². The summed E-state index contributed by atoms with van der Waals surface area (Å²) in [5, 5.41) is 13.0. The van der Waals surface area contributed by atoms with Crippen LogP contribution in [0.5, 0.6) is 0 Å². The largest absolute Gasteiger partial charge is 0.480 e. The Morgan fingerprint density at radius 1 is 1.09 bits per heavy atom. The van der Waals surface area contributed by atoms with E-state index in [0.717, 1.165) is 16.2 Å². The first-order valence-electron chi connectivity index (χ1n) is 10.4. The molecular weight excluding hydrogens is 414 g/mol. The van der Waals surface area contributed by atoms with Crippen LogP contribution in [0.1, 0.15) is 31.4 Å². The van der Waals surface area contributed by atoms with Gasteiger partial charge in [-0.2, -0.15) is 0 Å². The molecule has 1 amide bonds. The number of aliphatic carboxylic acids is 1. The highest BCUT2D eigenvalue weighted by atomic mass is 16.7. The highest BCUT2D eigenvalue weighted by Gasteiger charge is 2.29. The van der Waals surface area contributed by atoms with E-state index in [-0.39, 0.29) is 13.2 Å². The van der Waals surface area contributed by atoms with Crippen LogP contribution in [0.2, 0.25) is 0 Å². The number of nitrogens with zero attached hydrogens (tertiary/aromatic N) is 2. The van der Waals surface area contributed by atoms with Gasteiger partial charge < -0.3 is 9.84 Å². The maximum absolute atomic E-state index is 12.9. The molecule has 172 valence electrons. The number of hydroxylamine groups is 2. The number of esters is 1. The Morgan fingerprint density at radius 2 is 1.78 bits per heavy atom. The molecular formula is C23H29N3O6. The Hall–Kier alpha value is -3.30. The summed E-state index contributed by atoms with van der Waals surface area (Å²) in [6.45, 7) is 2.85. The Labute approximate surface area is 187 Å². The molecule has 1 aromatic carbocycles. The quantitative estimate of drug-likeness (QED) is 0.356. The predicted molar refractivity (Wildman–Crippen MR) is 116 cm³/mol. The summed E-state index contributed by atoms with van der Waals surface area (Å²) in [5.74, 6) is -2.28. The molecule has 0 aliphatic rings. The van der Waals surface area contributed by atoms with E-state index in [2.05, 4.69) is 10.3 Å². The number of carbonyl (C=O) groups is 3. The number of hydrogen-bond donors (Lipinski definition) is 2. The molecule has 0 saturated carbocycles. The number of aryl methyl sites for hydroxylation is 1. The van der Waals surface area contributed by atoms with Gasteiger partial charge in [0.25, 0.3) is 5.91 Å². The van der Waals surface area contributed by atoms with Crippen LogP contribution in [-0.4, -0.2) is 58.2 Å². The smallest absolute Gasteiger partial charge is 0.325 e. The van der Waals surface area contributed by atoms with Gasteiger partial charge in [-0.1, -0.05) is 30.3 Å². The molecule has 0 bridgehead atoms. The first-order chi connectivity index (χ1) is 15.4. The Morgan fingerprint density at radius 3 is 2.41 bits per heavy atom. The minimum absolute atomic E-state index is 0.00354. The number of carboxylic acids is 1. The van der Waals surface area contributed by atoms with Crippen LogP contribution in [0, 0.1) is 0 Å². The third kappa shape index (κ3) is 8.44. The van der Waals surface area contributed by atoms with Crippen LogP contribution in [0.15, 0.2) is 54.9 Å². The number of pyridine rings is 1. The van der Waals surface area contributed by atoms with Crippen molar-refractivity contribution >= 4 is 17.8 Å². The maximum atomic E-state index is 12.9. The number of amides is 1. The molecule has 32 heavy (non-hydrogen) atoms. The molecule has 1 heterocycles. The van der Waals surface area contributed by atoms with Crippen molar-refractivity contribution in [2.75, 3.05) is 13.2 Å². The van der Waals surface area contributed by atoms with E-state index in [9.17, 15) is 19.5 Å². The lowest BCUT2D eigenvalue weighted by atomic mass is 10.0. The highest BCUT2D eigenvalue weighted by Crippen LogP contribution is 2.09. The average Bonchev–Trinajstić information content (AvgIpc) is 2.80. The van der Waals surface area contributed by atoms with Gasteiger partial charge in [0.15, 0.2) is 0 Å². The Kier molecular flexibility index (Phi) is 10.3. The molecule has 0 unspecified atom stereocenters. The Balaban J connectivity index is 2.04. The van der Waals surface area contributed by atoms with Gasteiger partial charge in [0, 0.05) is 12.4 Å². The van der Waals surface area contributed by atoms with Gasteiger partial charge in [0.2, 0.25) is 0 Å². The monoisotopic (exact) mass is 443 g/mol. The lowest BCUT2D eigenvalue weighted by Crippen LogP contribution is -2.52. The molecule has 2 atom stereocenters. The number of carbonyl (C=O) groups excluding carboxylic acids is 2. The zero-order chi connectivity index (χ0) is 23.3. The van der Waals surface area contributed by atoms with Gasteiger partial charge in [-0.15, -0.1) is 0 Å². The van der Waals surface area contributed by atoms with Crippen molar-refractivity contribution in [1.82, 2.24) is 15.4 Å². The van der Waals surface area contributed by atoms with Gasteiger partial charge in [0.05, 0.1) is 12.6 Å². The van der Waals surface area contributed by atoms with Crippen molar-refractivity contribution < 1.29 is 29.1 Å². The number of benzene rings is 1. The maximum Gasteiger partial charge on any atom is 0.325 e. The van der Waals surface area contributed by atoms with Crippen molar-refractivity contribution in [1.29, 1.82) is 0 Å². The van der Waals surface area contributed by atoms with Crippen LogP contribution >= 0.6 is 0 Å². The molecule has 0 saturated heterocycles. The van der Waals surface area contributed by atoms with Gasteiger partial charge in [0.1, 0.15) is 19.2 Å². The minimum atomic E-state index is -1.22. The summed E-state index contributed by atoms with van der Waals surface area (Å²) in [5.41, 5.74) is 1.78. The van der Waals surface area contributed by atoms with Gasteiger partial charge in [-0.05, 0) is 49.9 Å². The van der Waals surface area contributed by atoms with Crippen LogP contribution in [0.3, 0.4) is 0 Å².